The van der Waals surface area contributed by atoms with E-state index >= 15 is 0 Å². The molecule has 26 heavy (non-hydrogen) atoms. The number of aryl methyl sites for hydroxylation is 1. The van der Waals surface area contributed by atoms with E-state index in [4.69, 9.17) is 0 Å². The van der Waals surface area contributed by atoms with Crippen LogP contribution >= 0.6 is 0 Å². The van der Waals surface area contributed by atoms with Crippen molar-refractivity contribution < 1.29 is 13.2 Å². The van der Waals surface area contributed by atoms with Gasteiger partial charge in [0.1, 0.15) is 0 Å². The van der Waals surface area contributed by atoms with Crippen molar-refractivity contribution in [2.45, 2.75) is 44.4 Å². The zero-order valence-corrected chi connectivity index (χ0v) is 16.1. The SMILES string of the molecule is Cc1ccc(S(=O)(=O)n2ccc(C(=O)NCC3CCC(C)CC3)c2)cc1. The maximum Gasteiger partial charge on any atom is 0.267 e. The lowest BCUT2D eigenvalue weighted by Gasteiger charge is -2.26. The number of benzene rings is 1. The molecule has 2 aromatic rings. The minimum absolute atomic E-state index is 0.210. The van der Waals surface area contributed by atoms with Gasteiger partial charge in [-0.2, -0.15) is 0 Å². The molecule has 1 amide bonds. The molecule has 0 radical (unpaired) electrons. The van der Waals surface area contributed by atoms with E-state index in [1.54, 1.807) is 30.3 Å². The maximum absolute atomic E-state index is 12.6. The molecular weight excluding hydrogens is 348 g/mol. The smallest absolute Gasteiger partial charge is 0.267 e. The topological polar surface area (TPSA) is 68.2 Å². The van der Waals surface area contributed by atoms with Crippen molar-refractivity contribution in [3.05, 3.63) is 53.9 Å². The molecule has 0 atom stereocenters. The summed E-state index contributed by atoms with van der Waals surface area (Å²) in [6, 6.07) is 8.22. The molecule has 0 aliphatic heterocycles. The second kappa shape index (κ2) is 7.66. The molecule has 1 heterocycles. The minimum Gasteiger partial charge on any atom is -0.352 e. The molecule has 0 saturated heterocycles. The second-order valence-electron chi connectivity index (χ2n) is 7.38. The quantitative estimate of drug-likeness (QED) is 0.870. The Morgan fingerprint density at radius 1 is 1.12 bits per heavy atom. The van der Waals surface area contributed by atoms with E-state index in [0.29, 0.717) is 18.0 Å². The van der Waals surface area contributed by atoms with Gasteiger partial charge in [-0.15, -0.1) is 0 Å². The number of amides is 1. The van der Waals surface area contributed by atoms with Gasteiger partial charge in [-0.1, -0.05) is 37.5 Å². The number of rotatable bonds is 5. The Bertz CT molecular complexity index is 861. The third-order valence-electron chi connectivity index (χ3n) is 5.21. The number of hydrogen-bond acceptors (Lipinski definition) is 3. The van der Waals surface area contributed by atoms with Gasteiger partial charge >= 0.3 is 0 Å². The van der Waals surface area contributed by atoms with E-state index in [1.807, 2.05) is 6.92 Å². The van der Waals surface area contributed by atoms with E-state index in [-0.39, 0.29) is 10.8 Å². The van der Waals surface area contributed by atoms with Crippen molar-refractivity contribution in [1.82, 2.24) is 9.29 Å². The highest BCUT2D eigenvalue weighted by molar-refractivity contribution is 7.90. The summed E-state index contributed by atoms with van der Waals surface area (Å²) in [5.41, 5.74) is 1.36. The van der Waals surface area contributed by atoms with Gasteiger partial charge in [0.25, 0.3) is 15.9 Å². The molecule has 1 aromatic carbocycles. The van der Waals surface area contributed by atoms with Crippen LogP contribution in [0.2, 0.25) is 0 Å². The first kappa shape index (κ1) is 18.7. The van der Waals surface area contributed by atoms with Crippen LogP contribution < -0.4 is 5.32 Å². The van der Waals surface area contributed by atoms with Crippen LogP contribution in [0.5, 0.6) is 0 Å². The molecule has 0 spiro atoms. The van der Waals surface area contributed by atoms with Gasteiger partial charge in [0.2, 0.25) is 0 Å². The third kappa shape index (κ3) is 4.18. The van der Waals surface area contributed by atoms with Gasteiger partial charge in [-0.25, -0.2) is 12.4 Å². The molecule has 1 N–H and O–H groups in total. The minimum atomic E-state index is -3.67. The summed E-state index contributed by atoms with van der Waals surface area (Å²) >= 11 is 0. The van der Waals surface area contributed by atoms with Crippen LogP contribution in [0.4, 0.5) is 0 Å². The van der Waals surface area contributed by atoms with E-state index < -0.39 is 10.0 Å². The molecule has 1 aliphatic carbocycles. The summed E-state index contributed by atoms with van der Waals surface area (Å²) in [5.74, 6) is 1.08. The first-order valence-corrected chi connectivity index (χ1v) is 10.6. The Morgan fingerprint density at radius 2 is 1.77 bits per heavy atom. The van der Waals surface area contributed by atoms with Crippen molar-refractivity contribution >= 4 is 15.9 Å². The number of aromatic nitrogens is 1. The van der Waals surface area contributed by atoms with E-state index in [1.165, 1.54) is 25.2 Å². The maximum atomic E-state index is 12.6. The predicted molar refractivity (Wildman–Crippen MR) is 102 cm³/mol. The fourth-order valence-corrected chi connectivity index (χ4v) is 4.56. The summed E-state index contributed by atoms with van der Waals surface area (Å²) in [5, 5.41) is 2.95. The van der Waals surface area contributed by atoms with Crippen molar-refractivity contribution in [3.63, 3.8) is 0 Å². The summed E-state index contributed by atoms with van der Waals surface area (Å²) in [6.07, 6.45) is 7.52. The van der Waals surface area contributed by atoms with Crippen molar-refractivity contribution in [1.29, 1.82) is 0 Å². The first-order chi connectivity index (χ1) is 12.4. The van der Waals surface area contributed by atoms with E-state index in [9.17, 15) is 13.2 Å². The highest BCUT2D eigenvalue weighted by Crippen LogP contribution is 2.27. The molecule has 6 heteroatoms. The summed E-state index contributed by atoms with van der Waals surface area (Å²) < 4.78 is 26.4. The lowest BCUT2D eigenvalue weighted by Crippen LogP contribution is -2.30. The number of carbonyl (C=O) groups excluding carboxylic acids is 1. The molecule has 1 saturated carbocycles. The molecule has 1 fully saturated rings. The van der Waals surface area contributed by atoms with E-state index in [2.05, 4.69) is 12.2 Å². The van der Waals surface area contributed by atoms with Crippen LogP contribution in [0, 0.1) is 18.8 Å². The molecule has 3 rings (SSSR count). The molecule has 1 aliphatic rings. The first-order valence-electron chi connectivity index (χ1n) is 9.14. The van der Waals surface area contributed by atoms with Crippen LogP contribution in [0.15, 0.2) is 47.6 Å². The van der Waals surface area contributed by atoms with Crippen molar-refractivity contribution in [2.75, 3.05) is 6.54 Å². The average molecular weight is 375 g/mol. The Kier molecular flexibility index (Phi) is 5.51. The van der Waals surface area contributed by atoms with Gasteiger partial charge in [0, 0.05) is 18.9 Å². The Balaban J connectivity index is 1.65. The van der Waals surface area contributed by atoms with Gasteiger partial charge in [-0.3, -0.25) is 4.79 Å². The zero-order chi connectivity index (χ0) is 18.7. The zero-order valence-electron chi connectivity index (χ0n) is 15.3. The Morgan fingerprint density at radius 3 is 2.42 bits per heavy atom. The van der Waals surface area contributed by atoms with Gasteiger partial charge in [0.15, 0.2) is 0 Å². The third-order valence-corrected chi connectivity index (χ3v) is 6.86. The molecule has 5 nitrogen and oxygen atoms in total. The van der Waals surface area contributed by atoms with Crippen molar-refractivity contribution in [2.24, 2.45) is 11.8 Å². The van der Waals surface area contributed by atoms with Crippen LogP contribution in [-0.4, -0.2) is 24.8 Å². The number of hydrogen-bond donors (Lipinski definition) is 1. The fraction of sp³-hybridized carbons (Fsp3) is 0.450. The molecule has 0 bridgehead atoms. The van der Waals surface area contributed by atoms with Gasteiger partial charge in [-0.05, 0) is 49.8 Å². The molecule has 1 aromatic heterocycles. The van der Waals surface area contributed by atoms with Crippen LogP contribution in [0.25, 0.3) is 0 Å². The number of carbonyl (C=O) groups is 1. The van der Waals surface area contributed by atoms with Crippen molar-refractivity contribution in [3.8, 4) is 0 Å². The predicted octanol–water partition coefficient (Wildman–Crippen LogP) is 3.59. The van der Waals surface area contributed by atoms with Gasteiger partial charge in [0.05, 0.1) is 10.5 Å². The number of nitrogens with zero attached hydrogens (tertiary/aromatic N) is 1. The lowest BCUT2D eigenvalue weighted by molar-refractivity contribution is 0.0942. The molecule has 0 unspecified atom stereocenters. The summed E-state index contributed by atoms with van der Waals surface area (Å²) in [6.45, 7) is 4.83. The average Bonchev–Trinajstić information content (AvgIpc) is 3.12. The monoisotopic (exact) mass is 374 g/mol. The summed E-state index contributed by atoms with van der Waals surface area (Å²) in [7, 11) is -3.67. The van der Waals surface area contributed by atoms with E-state index in [0.717, 1.165) is 28.3 Å². The van der Waals surface area contributed by atoms with Crippen LogP contribution in [0.1, 0.15) is 48.5 Å². The molecule has 140 valence electrons. The fourth-order valence-electron chi connectivity index (χ4n) is 3.37. The molecular formula is C20H26N2O3S. The van der Waals surface area contributed by atoms with Crippen LogP contribution in [0.3, 0.4) is 0 Å². The highest BCUT2D eigenvalue weighted by Gasteiger charge is 2.21. The normalized spacial score (nSPS) is 20.7. The highest BCUT2D eigenvalue weighted by atomic mass is 32.2. The standard InChI is InChI=1S/C20H26N2O3S/c1-15-3-7-17(8-4-15)13-21-20(23)18-11-12-22(14-18)26(24,25)19-9-5-16(2)6-10-19/h5-6,9-12,14-15,17H,3-4,7-8,13H2,1-2H3,(H,21,23). The Labute approximate surface area is 155 Å². The second-order valence-corrected chi connectivity index (χ2v) is 9.23. The van der Waals surface area contributed by atoms with Crippen LogP contribution in [-0.2, 0) is 10.0 Å². The summed E-state index contributed by atoms with van der Waals surface area (Å²) in [4.78, 5) is 12.6. The lowest BCUT2D eigenvalue weighted by atomic mass is 9.83. The van der Waals surface area contributed by atoms with Gasteiger partial charge < -0.3 is 5.32 Å². The Hall–Kier alpha value is -2.08. The largest absolute Gasteiger partial charge is 0.352 e. The number of nitrogens with one attached hydrogen (secondary N) is 1.